The van der Waals surface area contributed by atoms with Crippen LogP contribution in [0.2, 0.25) is 0 Å². The zero-order valence-electron chi connectivity index (χ0n) is 12.7. The van der Waals surface area contributed by atoms with Crippen LogP contribution in [-0.2, 0) is 12.5 Å². The first-order valence-corrected chi connectivity index (χ1v) is 7.13. The van der Waals surface area contributed by atoms with Crippen LogP contribution in [0.4, 0.5) is 5.82 Å². The number of rotatable bonds is 4. The minimum atomic E-state index is 0.0277. The van der Waals surface area contributed by atoms with Crippen molar-refractivity contribution in [2.24, 2.45) is 7.05 Å². The fourth-order valence-electron chi connectivity index (χ4n) is 2.49. The Morgan fingerprint density at radius 3 is 2.62 bits per heavy atom. The zero-order chi connectivity index (χ0) is 14.9. The number of hydrogen-bond acceptors (Lipinski definition) is 3. The lowest BCUT2D eigenvalue weighted by atomic mass is 9.84. The van der Waals surface area contributed by atoms with E-state index >= 15 is 0 Å². The van der Waals surface area contributed by atoms with Crippen molar-refractivity contribution < 1.29 is 0 Å². The number of imidazole rings is 1. The molecule has 0 saturated heterocycles. The second-order valence-corrected chi connectivity index (χ2v) is 5.99. The Balaban J connectivity index is 1.83. The highest BCUT2D eigenvalue weighted by molar-refractivity contribution is 5.85. The first-order valence-electron chi connectivity index (χ1n) is 7.13. The van der Waals surface area contributed by atoms with E-state index in [0.717, 1.165) is 23.4 Å². The summed E-state index contributed by atoms with van der Waals surface area (Å²) < 4.78 is 2.00. The van der Waals surface area contributed by atoms with Crippen LogP contribution in [0, 0.1) is 0 Å². The summed E-state index contributed by atoms with van der Waals surface area (Å²) in [6, 6.07) is 12.5. The second-order valence-electron chi connectivity index (χ2n) is 5.99. The molecule has 3 aromatic rings. The van der Waals surface area contributed by atoms with Gasteiger partial charge in [0.05, 0.1) is 11.8 Å². The van der Waals surface area contributed by atoms with E-state index in [9.17, 15) is 0 Å². The molecule has 0 saturated carbocycles. The molecule has 0 amide bonds. The summed E-state index contributed by atoms with van der Waals surface area (Å²) in [5.41, 5.74) is 3.35. The summed E-state index contributed by atoms with van der Waals surface area (Å²) >= 11 is 0. The van der Waals surface area contributed by atoms with Crippen molar-refractivity contribution in [2.75, 3.05) is 11.9 Å². The number of aryl methyl sites for hydroxylation is 1. The van der Waals surface area contributed by atoms with Gasteiger partial charge in [-0.15, -0.1) is 0 Å². The molecule has 108 valence electrons. The highest BCUT2D eigenvalue weighted by Gasteiger charge is 2.20. The highest BCUT2D eigenvalue weighted by Crippen LogP contribution is 2.25. The molecule has 0 unspecified atom stereocenters. The lowest BCUT2D eigenvalue weighted by Gasteiger charge is -2.26. The Kier molecular flexibility index (Phi) is 3.37. The molecule has 0 atom stereocenters. The van der Waals surface area contributed by atoms with Crippen LogP contribution in [0.5, 0.6) is 0 Å². The van der Waals surface area contributed by atoms with Crippen LogP contribution < -0.4 is 5.32 Å². The van der Waals surface area contributed by atoms with E-state index in [4.69, 9.17) is 0 Å². The Hall–Kier alpha value is -2.36. The molecule has 0 bridgehead atoms. The van der Waals surface area contributed by atoms with Crippen molar-refractivity contribution in [1.29, 1.82) is 0 Å². The van der Waals surface area contributed by atoms with E-state index in [1.54, 1.807) is 0 Å². The number of aromatic nitrogens is 3. The van der Waals surface area contributed by atoms with Crippen LogP contribution in [0.25, 0.3) is 11.0 Å². The maximum Gasteiger partial charge on any atom is 0.154 e. The summed E-state index contributed by atoms with van der Waals surface area (Å²) in [5.74, 6) is 0.845. The Labute approximate surface area is 124 Å². The van der Waals surface area contributed by atoms with Crippen LogP contribution in [0.15, 0.2) is 48.9 Å². The van der Waals surface area contributed by atoms with E-state index in [0.29, 0.717) is 0 Å². The lowest BCUT2D eigenvalue weighted by Crippen LogP contribution is -2.27. The van der Waals surface area contributed by atoms with E-state index in [1.807, 2.05) is 36.3 Å². The van der Waals surface area contributed by atoms with Crippen LogP contribution in [0.1, 0.15) is 19.4 Å². The lowest BCUT2D eigenvalue weighted by molar-refractivity contribution is 0.556. The molecule has 0 aliphatic rings. The summed E-state index contributed by atoms with van der Waals surface area (Å²) in [4.78, 5) is 8.86. The molecule has 0 aliphatic heterocycles. The summed E-state index contributed by atoms with van der Waals surface area (Å²) in [5, 5.41) is 3.45. The number of anilines is 1. The van der Waals surface area contributed by atoms with Crippen molar-refractivity contribution in [1.82, 2.24) is 14.5 Å². The van der Waals surface area contributed by atoms with Crippen molar-refractivity contribution in [2.45, 2.75) is 19.3 Å². The fraction of sp³-hybridized carbons (Fsp3) is 0.294. The second kappa shape index (κ2) is 5.20. The first kappa shape index (κ1) is 13.6. The van der Waals surface area contributed by atoms with Gasteiger partial charge in [0.1, 0.15) is 5.52 Å². The SMILES string of the molecule is Cn1cnc2c(NCC(C)(C)c3ccccc3)nccc21. The molecule has 4 heteroatoms. The van der Waals surface area contributed by atoms with Gasteiger partial charge in [0.2, 0.25) is 0 Å². The molecule has 2 heterocycles. The fourth-order valence-corrected chi connectivity index (χ4v) is 2.49. The van der Waals surface area contributed by atoms with E-state index in [-0.39, 0.29) is 5.41 Å². The molecule has 2 aromatic heterocycles. The van der Waals surface area contributed by atoms with Crippen molar-refractivity contribution >= 4 is 16.9 Å². The van der Waals surface area contributed by atoms with Gasteiger partial charge in [-0.3, -0.25) is 0 Å². The summed E-state index contributed by atoms with van der Waals surface area (Å²) in [6.45, 7) is 5.27. The van der Waals surface area contributed by atoms with Crippen molar-refractivity contribution in [3.8, 4) is 0 Å². The number of nitrogens with one attached hydrogen (secondary N) is 1. The molecule has 4 nitrogen and oxygen atoms in total. The van der Waals surface area contributed by atoms with E-state index < -0.39 is 0 Å². The molecule has 1 aromatic carbocycles. The third-order valence-electron chi connectivity index (χ3n) is 3.90. The Bertz CT molecular complexity index is 744. The van der Waals surface area contributed by atoms with Gasteiger partial charge in [0.15, 0.2) is 5.82 Å². The average Bonchev–Trinajstić information content (AvgIpc) is 2.88. The largest absolute Gasteiger partial charge is 0.367 e. The monoisotopic (exact) mass is 280 g/mol. The zero-order valence-corrected chi connectivity index (χ0v) is 12.7. The molecule has 1 N–H and O–H groups in total. The Morgan fingerprint density at radius 2 is 1.86 bits per heavy atom. The Morgan fingerprint density at radius 1 is 1.10 bits per heavy atom. The average molecular weight is 280 g/mol. The van der Waals surface area contributed by atoms with Crippen LogP contribution in [0.3, 0.4) is 0 Å². The van der Waals surface area contributed by atoms with Crippen molar-refractivity contribution in [3.63, 3.8) is 0 Å². The summed E-state index contributed by atoms with van der Waals surface area (Å²) in [7, 11) is 1.99. The third kappa shape index (κ3) is 2.61. The van der Waals surface area contributed by atoms with Gasteiger partial charge in [-0.05, 0) is 11.6 Å². The normalized spacial score (nSPS) is 11.8. The minimum Gasteiger partial charge on any atom is -0.367 e. The van der Waals surface area contributed by atoms with Crippen molar-refractivity contribution in [3.05, 3.63) is 54.5 Å². The van der Waals surface area contributed by atoms with E-state index in [2.05, 4.69) is 53.4 Å². The van der Waals surface area contributed by atoms with Gasteiger partial charge in [0.25, 0.3) is 0 Å². The molecular weight excluding hydrogens is 260 g/mol. The predicted molar refractivity (Wildman–Crippen MR) is 86.5 cm³/mol. The maximum absolute atomic E-state index is 4.43. The number of fused-ring (bicyclic) bond motifs is 1. The molecule has 0 spiro atoms. The van der Waals surface area contributed by atoms with Gasteiger partial charge in [-0.25, -0.2) is 9.97 Å². The summed E-state index contributed by atoms with van der Waals surface area (Å²) in [6.07, 6.45) is 3.64. The molecule has 21 heavy (non-hydrogen) atoms. The predicted octanol–water partition coefficient (Wildman–Crippen LogP) is 3.36. The number of hydrogen-bond donors (Lipinski definition) is 1. The molecule has 3 rings (SSSR count). The minimum absolute atomic E-state index is 0.0277. The molecular formula is C17H20N4. The van der Waals surface area contributed by atoms with Crippen LogP contribution in [-0.4, -0.2) is 21.1 Å². The number of pyridine rings is 1. The maximum atomic E-state index is 4.43. The van der Waals surface area contributed by atoms with E-state index in [1.165, 1.54) is 5.56 Å². The third-order valence-corrected chi connectivity index (χ3v) is 3.90. The standard InChI is InChI=1S/C17H20N4/c1-17(2,13-7-5-4-6-8-13)11-19-16-15-14(9-10-18-16)21(3)12-20-15/h4-10,12H,11H2,1-3H3,(H,18,19). The molecule has 0 radical (unpaired) electrons. The van der Waals surface area contributed by atoms with Gasteiger partial charge in [0, 0.05) is 25.2 Å². The smallest absolute Gasteiger partial charge is 0.154 e. The number of nitrogens with zero attached hydrogens (tertiary/aromatic N) is 3. The highest BCUT2D eigenvalue weighted by atomic mass is 15.1. The first-order chi connectivity index (χ1) is 10.1. The van der Waals surface area contributed by atoms with Gasteiger partial charge in [-0.1, -0.05) is 44.2 Å². The molecule has 0 aliphatic carbocycles. The topological polar surface area (TPSA) is 42.7 Å². The number of benzene rings is 1. The van der Waals surface area contributed by atoms with Crippen LogP contribution >= 0.6 is 0 Å². The van der Waals surface area contributed by atoms with Gasteiger partial charge < -0.3 is 9.88 Å². The van der Waals surface area contributed by atoms with Gasteiger partial charge >= 0.3 is 0 Å². The van der Waals surface area contributed by atoms with Gasteiger partial charge in [-0.2, -0.15) is 0 Å². The molecule has 0 fully saturated rings. The quantitative estimate of drug-likeness (QED) is 0.797.